The minimum absolute atomic E-state index is 0.0173. The summed E-state index contributed by atoms with van der Waals surface area (Å²) in [5.74, 6) is -2.27. The van der Waals surface area contributed by atoms with E-state index in [1.165, 1.54) is 14.0 Å². The van der Waals surface area contributed by atoms with E-state index in [2.05, 4.69) is 11.6 Å². The van der Waals surface area contributed by atoms with E-state index in [4.69, 9.17) is 9.47 Å². The molecule has 7 nitrogen and oxygen atoms in total. The van der Waals surface area contributed by atoms with Gasteiger partial charge in [-0.1, -0.05) is 54.1 Å². The number of ketones is 2. The number of aromatic nitrogens is 2. The molecule has 0 atom stereocenters. The lowest BCUT2D eigenvalue weighted by Gasteiger charge is -2.24. The third kappa shape index (κ3) is 4.71. The van der Waals surface area contributed by atoms with Gasteiger partial charge in [0, 0.05) is 58.2 Å². The SMILES string of the molecule is C=CC(C)(C)n1cc(C2=C(OC(C)=O)C(=O)C(c3c(CC=C(C)C)[nH]c4ccccc34)=C(OC)C2=O)c2ccccc21. The number of H-pyrrole nitrogens is 1. The van der Waals surface area contributed by atoms with Crippen LogP contribution in [0.15, 0.2) is 90.6 Å². The quantitative estimate of drug-likeness (QED) is 0.141. The number of hydrogen-bond donors (Lipinski definition) is 1. The maximum absolute atomic E-state index is 14.5. The predicted octanol–water partition coefficient (Wildman–Crippen LogP) is 7.04. The van der Waals surface area contributed by atoms with Gasteiger partial charge in [0.2, 0.25) is 11.6 Å². The van der Waals surface area contributed by atoms with Gasteiger partial charge in [-0.15, -0.1) is 6.58 Å². The van der Waals surface area contributed by atoms with E-state index in [9.17, 15) is 14.4 Å². The molecule has 5 rings (SSSR count). The number of nitrogens with zero attached hydrogens (tertiary/aromatic N) is 1. The van der Waals surface area contributed by atoms with E-state index in [0.29, 0.717) is 17.5 Å². The molecule has 1 N–H and O–H groups in total. The average molecular weight is 563 g/mol. The second-order valence-electron chi connectivity index (χ2n) is 11.2. The highest BCUT2D eigenvalue weighted by atomic mass is 16.5. The van der Waals surface area contributed by atoms with Crippen LogP contribution in [0.25, 0.3) is 33.0 Å². The van der Waals surface area contributed by atoms with Crippen LogP contribution in [0.5, 0.6) is 0 Å². The molecule has 0 spiro atoms. The van der Waals surface area contributed by atoms with Gasteiger partial charge in [-0.05, 0) is 39.8 Å². The van der Waals surface area contributed by atoms with Crippen molar-refractivity contribution in [1.82, 2.24) is 9.55 Å². The zero-order valence-corrected chi connectivity index (χ0v) is 24.8. The Hall–Kier alpha value is -4.91. The number of para-hydroxylation sites is 2. The van der Waals surface area contributed by atoms with E-state index in [1.807, 2.05) is 92.9 Å². The minimum Gasteiger partial charge on any atom is -0.492 e. The monoisotopic (exact) mass is 562 g/mol. The van der Waals surface area contributed by atoms with Crippen molar-refractivity contribution in [2.24, 2.45) is 0 Å². The summed E-state index contributed by atoms with van der Waals surface area (Å²) < 4.78 is 13.3. The van der Waals surface area contributed by atoms with Crippen molar-refractivity contribution in [3.05, 3.63) is 107 Å². The third-order valence-electron chi connectivity index (χ3n) is 7.62. The minimum atomic E-state index is -0.706. The summed E-state index contributed by atoms with van der Waals surface area (Å²) >= 11 is 0. The molecule has 0 bridgehead atoms. The molecular formula is C35H34N2O5. The zero-order chi connectivity index (χ0) is 30.3. The average Bonchev–Trinajstić information content (AvgIpc) is 3.52. The Labute approximate surface area is 244 Å². The van der Waals surface area contributed by atoms with Gasteiger partial charge in [0.25, 0.3) is 0 Å². The normalized spacial score (nSPS) is 14.1. The van der Waals surface area contributed by atoms with Crippen LogP contribution < -0.4 is 0 Å². The molecule has 0 aliphatic heterocycles. The molecule has 0 unspecified atom stereocenters. The zero-order valence-electron chi connectivity index (χ0n) is 24.8. The van der Waals surface area contributed by atoms with Gasteiger partial charge >= 0.3 is 5.97 Å². The number of aromatic amines is 1. The Kier molecular flexibility index (Phi) is 7.37. The molecule has 2 aromatic heterocycles. The standard InChI is InChI=1S/C35H34N2O5/c1-8-35(5,6)37-19-24(22-13-10-12-16-27(22)37)29-31(39)33(41-7)30(32(40)34(29)42-21(4)38)28-23-14-9-11-15-25(23)36-26(28)18-17-20(2)3/h8-17,19,36H,1,18H2,2-7H3. The fourth-order valence-corrected chi connectivity index (χ4v) is 5.46. The number of methoxy groups -OCH3 is 1. The first kappa shape index (κ1) is 28.6. The van der Waals surface area contributed by atoms with Gasteiger partial charge in [0.1, 0.15) is 0 Å². The van der Waals surface area contributed by atoms with Crippen LogP contribution in [-0.2, 0) is 35.8 Å². The number of carbonyl (C=O) groups excluding carboxylic acids is 3. The van der Waals surface area contributed by atoms with Gasteiger partial charge in [-0.2, -0.15) is 0 Å². The lowest BCUT2D eigenvalue weighted by atomic mass is 9.84. The van der Waals surface area contributed by atoms with E-state index < -0.39 is 23.1 Å². The number of nitrogens with one attached hydrogen (secondary N) is 1. The number of allylic oxidation sites excluding steroid dienone is 5. The van der Waals surface area contributed by atoms with Crippen molar-refractivity contribution in [2.45, 2.75) is 46.6 Å². The second kappa shape index (κ2) is 10.8. The first-order valence-corrected chi connectivity index (χ1v) is 13.8. The smallest absolute Gasteiger partial charge is 0.308 e. The third-order valence-corrected chi connectivity index (χ3v) is 7.62. The van der Waals surface area contributed by atoms with Gasteiger partial charge < -0.3 is 19.0 Å². The molecule has 1 aliphatic carbocycles. The summed E-state index contributed by atoms with van der Waals surface area (Å²) in [6.45, 7) is 13.2. The number of benzene rings is 2. The number of carbonyl (C=O) groups is 3. The van der Waals surface area contributed by atoms with Crippen molar-refractivity contribution < 1.29 is 23.9 Å². The van der Waals surface area contributed by atoms with E-state index in [-0.39, 0.29) is 22.7 Å². The topological polar surface area (TPSA) is 90.4 Å². The van der Waals surface area contributed by atoms with Gasteiger partial charge in [-0.25, -0.2) is 0 Å². The number of hydrogen-bond acceptors (Lipinski definition) is 5. The lowest BCUT2D eigenvalue weighted by molar-refractivity contribution is -0.139. The summed E-state index contributed by atoms with van der Waals surface area (Å²) in [5, 5.41) is 1.48. The van der Waals surface area contributed by atoms with Crippen molar-refractivity contribution in [3.63, 3.8) is 0 Å². The van der Waals surface area contributed by atoms with Crippen LogP contribution in [0.1, 0.15) is 51.4 Å². The predicted molar refractivity (Wildman–Crippen MR) is 166 cm³/mol. The van der Waals surface area contributed by atoms with Crippen LogP contribution in [0.3, 0.4) is 0 Å². The highest BCUT2D eigenvalue weighted by molar-refractivity contribution is 6.48. The number of fused-ring (bicyclic) bond motifs is 2. The van der Waals surface area contributed by atoms with Crippen molar-refractivity contribution in [3.8, 4) is 0 Å². The van der Waals surface area contributed by atoms with Crippen LogP contribution >= 0.6 is 0 Å². The van der Waals surface area contributed by atoms with Gasteiger partial charge in [0.05, 0.1) is 23.8 Å². The van der Waals surface area contributed by atoms with Gasteiger partial charge in [0.15, 0.2) is 11.5 Å². The number of Topliss-reactive ketones (excluding diaryl/α,β-unsaturated/α-hetero) is 2. The molecule has 4 aromatic rings. The van der Waals surface area contributed by atoms with Crippen molar-refractivity contribution >= 4 is 50.5 Å². The Morgan fingerprint density at radius 3 is 2.24 bits per heavy atom. The Balaban J connectivity index is 1.83. The molecule has 214 valence electrons. The number of esters is 1. The first-order chi connectivity index (χ1) is 20.0. The largest absolute Gasteiger partial charge is 0.492 e. The highest BCUT2D eigenvalue weighted by Crippen LogP contribution is 2.43. The van der Waals surface area contributed by atoms with Crippen LogP contribution in [0, 0.1) is 0 Å². The molecule has 0 fully saturated rings. The second-order valence-corrected chi connectivity index (χ2v) is 11.2. The molecule has 0 radical (unpaired) electrons. The number of ether oxygens (including phenoxy) is 2. The van der Waals surface area contributed by atoms with Crippen molar-refractivity contribution in [2.75, 3.05) is 7.11 Å². The fourth-order valence-electron chi connectivity index (χ4n) is 5.46. The van der Waals surface area contributed by atoms with Crippen LogP contribution in [-0.4, -0.2) is 34.2 Å². The van der Waals surface area contributed by atoms with Crippen molar-refractivity contribution in [1.29, 1.82) is 0 Å². The Bertz CT molecular complexity index is 1890. The lowest BCUT2D eigenvalue weighted by Crippen LogP contribution is -2.26. The molecule has 0 saturated carbocycles. The molecule has 2 aromatic carbocycles. The summed E-state index contributed by atoms with van der Waals surface area (Å²) in [7, 11) is 1.38. The van der Waals surface area contributed by atoms with Crippen LogP contribution in [0.4, 0.5) is 0 Å². The summed E-state index contributed by atoms with van der Waals surface area (Å²) in [4.78, 5) is 44.8. The fraction of sp³-hybridized carbons (Fsp3) is 0.229. The molecule has 7 heteroatoms. The first-order valence-electron chi connectivity index (χ1n) is 13.8. The molecule has 1 aliphatic rings. The van der Waals surface area contributed by atoms with E-state index in [0.717, 1.165) is 33.1 Å². The van der Waals surface area contributed by atoms with Crippen LogP contribution in [0.2, 0.25) is 0 Å². The molecule has 42 heavy (non-hydrogen) atoms. The maximum atomic E-state index is 14.5. The molecule has 0 amide bonds. The molecular weight excluding hydrogens is 528 g/mol. The Morgan fingerprint density at radius 2 is 1.60 bits per heavy atom. The Morgan fingerprint density at radius 1 is 0.952 bits per heavy atom. The molecule has 2 heterocycles. The summed E-state index contributed by atoms with van der Waals surface area (Å²) in [6, 6.07) is 15.1. The summed E-state index contributed by atoms with van der Waals surface area (Å²) in [5.41, 5.74) is 4.05. The van der Waals surface area contributed by atoms with Gasteiger partial charge in [-0.3, -0.25) is 14.4 Å². The highest BCUT2D eigenvalue weighted by Gasteiger charge is 2.42. The van der Waals surface area contributed by atoms with E-state index >= 15 is 0 Å². The summed E-state index contributed by atoms with van der Waals surface area (Å²) in [6.07, 6.45) is 6.15. The maximum Gasteiger partial charge on any atom is 0.308 e. The number of rotatable bonds is 8. The molecule has 0 saturated heterocycles. The van der Waals surface area contributed by atoms with E-state index in [1.54, 1.807) is 6.20 Å².